The van der Waals surface area contributed by atoms with Crippen LogP contribution in [0.15, 0.2) is 48.5 Å². The van der Waals surface area contributed by atoms with Gasteiger partial charge in [0.25, 0.3) is 0 Å². The number of carbonyl (C=O) groups excluding carboxylic acids is 3. The van der Waals surface area contributed by atoms with E-state index < -0.39 is 23.5 Å². The number of nitrogens with zero attached hydrogens (tertiary/aromatic N) is 1. The van der Waals surface area contributed by atoms with Crippen LogP contribution in [0.1, 0.15) is 49.6 Å². The van der Waals surface area contributed by atoms with E-state index in [0.29, 0.717) is 17.5 Å². The minimum atomic E-state index is -1.24. The Labute approximate surface area is 172 Å². The van der Waals surface area contributed by atoms with Crippen LogP contribution in [0, 0.1) is 0 Å². The van der Waals surface area contributed by atoms with Crippen molar-refractivity contribution in [1.29, 1.82) is 0 Å². The zero-order chi connectivity index (χ0) is 21.3. The van der Waals surface area contributed by atoms with Gasteiger partial charge in [0.1, 0.15) is 24.0 Å². The van der Waals surface area contributed by atoms with Gasteiger partial charge < -0.3 is 14.6 Å². The molecular weight excluding hydrogens is 386 g/mol. The molecular formula is C23H19NO6. The second kappa shape index (κ2) is 8.04. The van der Waals surface area contributed by atoms with Crippen LogP contribution < -0.4 is 0 Å². The van der Waals surface area contributed by atoms with E-state index in [1.807, 2.05) is 6.92 Å². The highest BCUT2D eigenvalue weighted by molar-refractivity contribution is 6.30. The Hall–Kier alpha value is -3.58. The van der Waals surface area contributed by atoms with Gasteiger partial charge in [-0.15, -0.1) is 0 Å². The van der Waals surface area contributed by atoms with Crippen molar-refractivity contribution in [2.24, 2.45) is 0 Å². The number of fused-ring (bicyclic) bond motifs is 2. The zero-order valence-electron chi connectivity index (χ0n) is 16.3. The second-order valence-corrected chi connectivity index (χ2v) is 6.84. The van der Waals surface area contributed by atoms with E-state index in [0.717, 1.165) is 0 Å². The fourth-order valence-corrected chi connectivity index (χ4v) is 3.52. The first kappa shape index (κ1) is 19.7. The minimum Gasteiger partial charge on any atom is -0.506 e. The van der Waals surface area contributed by atoms with E-state index >= 15 is 0 Å². The zero-order valence-corrected chi connectivity index (χ0v) is 16.3. The largest absolute Gasteiger partial charge is 0.506 e. The summed E-state index contributed by atoms with van der Waals surface area (Å²) in [6.45, 7) is 2.72. The second-order valence-electron chi connectivity index (χ2n) is 6.84. The van der Waals surface area contributed by atoms with Crippen LogP contribution in [-0.2, 0) is 9.47 Å². The number of benzene rings is 2. The summed E-state index contributed by atoms with van der Waals surface area (Å²) < 4.78 is 10.2. The Morgan fingerprint density at radius 2 is 1.80 bits per heavy atom. The molecule has 1 aromatic heterocycles. The first-order chi connectivity index (χ1) is 14.5. The molecule has 30 heavy (non-hydrogen) atoms. The lowest BCUT2D eigenvalue weighted by Gasteiger charge is -2.10. The van der Waals surface area contributed by atoms with Crippen LogP contribution in [0.2, 0.25) is 0 Å². The van der Waals surface area contributed by atoms with E-state index in [1.165, 1.54) is 24.3 Å². The smallest absolute Gasteiger partial charge is 0.338 e. The average molecular weight is 405 g/mol. The van der Waals surface area contributed by atoms with Gasteiger partial charge in [0.05, 0.1) is 17.7 Å². The summed E-state index contributed by atoms with van der Waals surface area (Å²) in [6.07, 6.45) is 0. The predicted octanol–water partition coefficient (Wildman–Crippen LogP) is 3.30. The molecule has 7 nitrogen and oxygen atoms in total. The molecule has 152 valence electrons. The minimum absolute atomic E-state index is 0.0146. The summed E-state index contributed by atoms with van der Waals surface area (Å²) in [7, 11) is 0. The fraction of sp³-hybridized carbons (Fsp3) is 0.217. The molecule has 7 heteroatoms. The molecule has 1 heterocycles. The highest BCUT2D eigenvalue weighted by atomic mass is 16.6. The molecule has 0 saturated heterocycles. The molecule has 1 unspecified atom stereocenters. The van der Waals surface area contributed by atoms with Crippen molar-refractivity contribution in [1.82, 2.24) is 4.98 Å². The number of aromatic nitrogens is 1. The summed E-state index contributed by atoms with van der Waals surface area (Å²) in [5.41, 5.74) is 1.08. The van der Waals surface area contributed by atoms with Crippen LogP contribution in [-0.4, -0.2) is 47.4 Å². The van der Waals surface area contributed by atoms with Gasteiger partial charge in [0.15, 0.2) is 11.6 Å². The molecule has 0 saturated carbocycles. The number of pyridine rings is 1. The molecule has 1 aliphatic rings. The lowest BCUT2D eigenvalue weighted by Crippen LogP contribution is -2.15. The number of hydrogen-bond acceptors (Lipinski definition) is 7. The first-order valence-electron chi connectivity index (χ1n) is 9.57. The van der Waals surface area contributed by atoms with Gasteiger partial charge in [0.2, 0.25) is 0 Å². The lowest BCUT2D eigenvalue weighted by molar-refractivity contribution is 0.0335. The monoisotopic (exact) mass is 405 g/mol. The summed E-state index contributed by atoms with van der Waals surface area (Å²) in [4.78, 5) is 42.5. The molecule has 0 radical (unpaired) electrons. The summed E-state index contributed by atoms with van der Waals surface area (Å²) in [5, 5.41) is 11.1. The number of esters is 1. The molecule has 3 aromatic rings. The van der Waals surface area contributed by atoms with Crippen molar-refractivity contribution in [2.75, 3.05) is 19.8 Å². The Bertz CT molecular complexity index is 1170. The van der Waals surface area contributed by atoms with Crippen molar-refractivity contribution in [3.63, 3.8) is 0 Å². The molecule has 1 N–H and O–H groups in total. The number of ketones is 2. The Balaban J connectivity index is 1.64. The van der Waals surface area contributed by atoms with Gasteiger partial charge in [-0.25, -0.2) is 9.78 Å². The maximum absolute atomic E-state index is 13.0. The molecule has 1 atom stereocenters. The molecule has 0 aliphatic heterocycles. The van der Waals surface area contributed by atoms with Crippen LogP contribution in [0.25, 0.3) is 10.9 Å². The molecule has 0 spiro atoms. The highest BCUT2D eigenvalue weighted by Crippen LogP contribution is 2.38. The van der Waals surface area contributed by atoms with Crippen molar-refractivity contribution in [3.05, 3.63) is 70.9 Å². The van der Waals surface area contributed by atoms with Crippen LogP contribution in [0.3, 0.4) is 0 Å². The van der Waals surface area contributed by atoms with Gasteiger partial charge in [0, 0.05) is 23.1 Å². The topological polar surface area (TPSA) is 103 Å². The van der Waals surface area contributed by atoms with Crippen molar-refractivity contribution >= 4 is 28.4 Å². The van der Waals surface area contributed by atoms with E-state index in [1.54, 1.807) is 24.3 Å². The maximum atomic E-state index is 13.0. The van der Waals surface area contributed by atoms with Crippen LogP contribution in [0.5, 0.6) is 5.75 Å². The molecule has 0 amide bonds. The van der Waals surface area contributed by atoms with Gasteiger partial charge in [-0.05, 0) is 37.3 Å². The number of ether oxygens (including phenoxy) is 2. The van der Waals surface area contributed by atoms with Gasteiger partial charge in [-0.2, -0.15) is 0 Å². The molecule has 4 rings (SSSR count). The summed E-state index contributed by atoms with van der Waals surface area (Å²) in [6, 6.07) is 12.8. The third kappa shape index (κ3) is 3.44. The van der Waals surface area contributed by atoms with Gasteiger partial charge in [-0.1, -0.05) is 18.2 Å². The first-order valence-corrected chi connectivity index (χ1v) is 9.57. The number of hydrogen-bond donors (Lipinski definition) is 1. The average Bonchev–Trinajstić information content (AvgIpc) is 3.00. The third-order valence-electron chi connectivity index (χ3n) is 4.98. The van der Waals surface area contributed by atoms with Crippen molar-refractivity contribution in [2.45, 2.75) is 12.8 Å². The fourth-order valence-electron chi connectivity index (χ4n) is 3.52. The molecule has 1 aliphatic carbocycles. The Kier molecular flexibility index (Phi) is 5.29. The summed E-state index contributed by atoms with van der Waals surface area (Å²) >= 11 is 0. The van der Waals surface area contributed by atoms with Crippen molar-refractivity contribution in [3.8, 4) is 5.75 Å². The SMILES string of the molecule is CCOCCOC(=O)c1ccc2c(c1)C(=O)C(c1nc3ccccc3cc1O)C2=O. The van der Waals surface area contributed by atoms with Crippen LogP contribution >= 0.6 is 0 Å². The standard InChI is InChI=1S/C23H19NO6/c1-2-29-9-10-30-23(28)14-7-8-15-16(11-14)22(27)19(21(15)26)20-18(25)12-13-5-3-4-6-17(13)24-20/h3-8,11-12,19,25H,2,9-10H2,1H3. The van der Waals surface area contributed by atoms with E-state index in [9.17, 15) is 19.5 Å². The van der Waals surface area contributed by atoms with Crippen molar-refractivity contribution < 1.29 is 29.0 Å². The maximum Gasteiger partial charge on any atom is 0.338 e. The number of aromatic hydroxyl groups is 1. The Morgan fingerprint density at radius 1 is 1.03 bits per heavy atom. The molecule has 2 aromatic carbocycles. The third-order valence-corrected chi connectivity index (χ3v) is 4.98. The van der Waals surface area contributed by atoms with E-state index in [2.05, 4.69) is 4.98 Å². The number of rotatable bonds is 6. The van der Waals surface area contributed by atoms with E-state index in [-0.39, 0.29) is 41.3 Å². The van der Waals surface area contributed by atoms with Crippen LogP contribution in [0.4, 0.5) is 0 Å². The number of para-hydroxylation sites is 1. The predicted molar refractivity (Wildman–Crippen MR) is 108 cm³/mol. The summed E-state index contributed by atoms with van der Waals surface area (Å²) in [5.74, 6) is -3.02. The number of carbonyl (C=O) groups is 3. The molecule has 0 fully saturated rings. The van der Waals surface area contributed by atoms with Gasteiger partial charge in [-0.3, -0.25) is 9.59 Å². The molecule has 0 bridgehead atoms. The van der Waals surface area contributed by atoms with Gasteiger partial charge >= 0.3 is 5.97 Å². The normalized spacial score (nSPS) is 15.4. The number of Topliss-reactive ketones (excluding diaryl/α,β-unsaturated/α-hetero) is 2. The quantitative estimate of drug-likeness (QED) is 0.381. The Morgan fingerprint density at radius 3 is 2.60 bits per heavy atom. The van der Waals surface area contributed by atoms with E-state index in [4.69, 9.17) is 9.47 Å². The highest BCUT2D eigenvalue weighted by Gasteiger charge is 2.42. The lowest BCUT2D eigenvalue weighted by atomic mass is 9.97.